The van der Waals surface area contributed by atoms with Crippen LogP contribution in [0.1, 0.15) is 20.9 Å². The molecule has 0 aliphatic rings. The molecule has 1 aromatic carbocycles. The topological polar surface area (TPSA) is 44.1 Å². The summed E-state index contributed by atoms with van der Waals surface area (Å²) >= 11 is 1.56. The third-order valence-corrected chi connectivity index (χ3v) is 3.93. The summed E-state index contributed by atoms with van der Waals surface area (Å²) in [6.45, 7) is 0. The second-order valence-corrected chi connectivity index (χ2v) is 5.89. The standard InChI is InChI=1S/C17H11F3N2O2S/c18-17(19,20)24-14-4-1-3-12(11-14)16(23)22-9-8-13(21-22)6-7-15-5-2-10-25-15/h1-11H. The van der Waals surface area contributed by atoms with Crippen molar-refractivity contribution in [1.82, 2.24) is 9.78 Å². The molecule has 0 saturated carbocycles. The lowest BCUT2D eigenvalue weighted by atomic mass is 10.2. The van der Waals surface area contributed by atoms with E-state index < -0.39 is 18.0 Å². The van der Waals surface area contributed by atoms with Crippen molar-refractivity contribution in [1.29, 1.82) is 0 Å². The zero-order chi connectivity index (χ0) is 17.9. The second kappa shape index (κ2) is 6.94. The van der Waals surface area contributed by atoms with Gasteiger partial charge in [0.15, 0.2) is 0 Å². The summed E-state index contributed by atoms with van der Waals surface area (Å²) in [5.74, 6) is -1.01. The molecule has 0 saturated heterocycles. The van der Waals surface area contributed by atoms with Gasteiger partial charge in [-0.15, -0.1) is 24.5 Å². The maximum absolute atomic E-state index is 12.4. The number of rotatable bonds is 4. The van der Waals surface area contributed by atoms with Crippen LogP contribution in [0.3, 0.4) is 0 Å². The van der Waals surface area contributed by atoms with Gasteiger partial charge in [0.05, 0.1) is 5.69 Å². The highest BCUT2D eigenvalue weighted by atomic mass is 32.1. The third-order valence-electron chi connectivity index (χ3n) is 3.09. The number of carbonyl (C=O) groups is 1. The van der Waals surface area contributed by atoms with Crippen molar-refractivity contribution in [3.63, 3.8) is 0 Å². The van der Waals surface area contributed by atoms with E-state index in [1.807, 2.05) is 23.6 Å². The van der Waals surface area contributed by atoms with Crippen LogP contribution in [-0.2, 0) is 0 Å². The number of carbonyl (C=O) groups excluding carboxylic acids is 1. The normalized spacial score (nSPS) is 11.8. The minimum absolute atomic E-state index is 0.0404. The molecule has 128 valence electrons. The first kappa shape index (κ1) is 17.0. The van der Waals surface area contributed by atoms with Crippen LogP contribution in [0.4, 0.5) is 13.2 Å². The fourth-order valence-corrected chi connectivity index (χ4v) is 2.67. The van der Waals surface area contributed by atoms with Crippen molar-refractivity contribution in [2.24, 2.45) is 0 Å². The highest BCUT2D eigenvalue weighted by Crippen LogP contribution is 2.23. The van der Waals surface area contributed by atoms with Crippen molar-refractivity contribution in [2.75, 3.05) is 0 Å². The van der Waals surface area contributed by atoms with Gasteiger partial charge in [0, 0.05) is 16.6 Å². The van der Waals surface area contributed by atoms with E-state index in [4.69, 9.17) is 0 Å². The molecule has 0 aliphatic heterocycles. The fraction of sp³-hybridized carbons (Fsp3) is 0.0588. The van der Waals surface area contributed by atoms with Gasteiger partial charge >= 0.3 is 6.36 Å². The molecule has 2 aromatic heterocycles. The van der Waals surface area contributed by atoms with Gasteiger partial charge in [-0.2, -0.15) is 5.10 Å². The molecule has 25 heavy (non-hydrogen) atoms. The quantitative estimate of drug-likeness (QED) is 0.674. The summed E-state index contributed by atoms with van der Waals surface area (Å²) in [5.41, 5.74) is 0.600. The third kappa shape index (κ3) is 4.57. The van der Waals surface area contributed by atoms with Crippen LogP contribution in [0, 0.1) is 0 Å². The average molecular weight is 364 g/mol. The lowest BCUT2D eigenvalue weighted by Crippen LogP contribution is -2.18. The monoisotopic (exact) mass is 364 g/mol. The van der Waals surface area contributed by atoms with E-state index in [0.29, 0.717) is 5.69 Å². The maximum atomic E-state index is 12.4. The molecule has 0 bridgehead atoms. The van der Waals surface area contributed by atoms with E-state index in [9.17, 15) is 18.0 Å². The van der Waals surface area contributed by atoms with Crippen LogP contribution in [-0.4, -0.2) is 22.1 Å². The molecule has 4 nitrogen and oxygen atoms in total. The van der Waals surface area contributed by atoms with Crippen LogP contribution in [0.15, 0.2) is 54.0 Å². The lowest BCUT2D eigenvalue weighted by molar-refractivity contribution is -0.274. The van der Waals surface area contributed by atoms with Gasteiger partial charge in [-0.25, -0.2) is 4.68 Å². The Morgan fingerprint density at radius 3 is 2.72 bits per heavy atom. The molecule has 3 aromatic rings. The fourth-order valence-electron chi connectivity index (χ4n) is 2.05. The zero-order valence-corrected chi connectivity index (χ0v) is 13.4. The molecule has 0 amide bonds. The van der Waals surface area contributed by atoms with E-state index >= 15 is 0 Å². The van der Waals surface area contributed by atoms with Crippen molar-refractivity contribution in [3.05, 3.63) is 70.2 Å². The minimum Gasteiger partial charge on any atom is -0.406 e. The highest BCUT2D eigenvalue weighted by Gasteiger charge is 2.31. The van der Waals surface area contributed by atoms with Crippen molar-refractivity contribution >= 4 is 29.4 Å². The number of aromatic nitrogens is 2. The Balaban J connectivity index is 1.76. The van der Waals surface area contributed by atoms with Gasteiger partial charge < -0.3 is 4.74 Å². The molecule has 2 heterocycles. The Kier molecular flexibility index (Phi) is 4.71. The first-order chi connectivity index (χ1) is 11.9. The van der Waals surface area contributed by atoms with Gasteiger partial charge in [-0.05, 0) is 47.9 Å². The predicted octanol–water partition coefficient (Wildman–Crippen LogP) is 4.70. The molecule has 0 spiro atoms. The number of hydrogen-bond donors (Lipinski definition) is 0. The average Bonchev–Trinajstić information content (AvgIpc) is 3.22. The summed E-state index contributed by atoms with van der Waals surface area (Å²) in [6, 6.07) is 10.4. The van der Waals surface area contributed by atoms with E-state index in [0.717, 1.165) is 21.7 Å². The van der Waals surface area contributed by atoms with Crippen LogP contribution in [0.5, 0.6) is 5.75 Å². The SMILES string of the molecule is O=C(c1cccc(OC(F)(F)F)c1)n1ccc(C=Cc2cccs2)n1. The van der Waals surface area contributed by atoms with Gasteiger partial charge in [0.25, 0.3) is 5.91 Å². The number of ether oxygens (including phenoxy) is 1. The van der Waals surface area contributed by atoms with Crippen molar-refractivity contribution in [2.45, 2.75) is 6.36 Å². The van der Waals surface area contributed by atoms with Crippen LogP contribution < -0.4 is 4.74 Å². The zero-order valence-electron chi connectivity index (χ0n) is 12.6. The van der Waals surface area contributed by atoms with E-state index in [1.165, 1.54) is 18.3 Å². The van der Waals surface area contributed by atoms with E-state index in [2.05, 4.69) is 9.84 Å². The Morgan fingerprint density at radius 1 is 1.16 bits per heavy atom. The second-order valence-electron chi connectivity index (χ2n) is 4.91. The van der Waals surface area contributed by atoms with Gasteiger partial charge in [-0.1, -0.05) is 12.1 Å². The van der Waals surface area contributed by atoms with Gasteiger partial charge in [0.2, 0.25) is 0 Å². The summed E-state index contributed by atoms with van der Waals surface area (Å²) in [5, 5.41) is 6.05. The van der Waals surface area contributed by atoms with Crippen LogP contribution in [0.2, 0.25) is 0 Å². The first-order valence-corrected chi connectivity index (χ1v) is 7.96. The van der Waals surface area contributed by atoms with E-state index in [1.54, 1.807) is 23.5 Å². The highest BCUT2D eigenvalue weighted by molar-refractivity contribution is 7.10. The summed E-state index contributed by atoms with van der Waals surface area (Å²) in [7, 11) is 0. The van der Waals surface area contributed by atoms with Crippen LogP contribution in [0.25, 0.3) is 12.2 Å². The first-order valence-electron chi connectivity index (χ1n) is 7.08. The Morgan fingerprint density at radius 2 is 2.00 bits per heavy atom. The van der Waals surface area contributed by atoms with Gasteiger partial charge in [-0.3, -0.25) is 4.79 Å². The molecule has 0 atom stereocenters. The maximum Gasteiger partial charge on any atom is 0.573 e. The van der Waals surface area contributed by atoms with Crippen molar-refractivity contribution < 1.29 is 22.7 Å². The molecule has 3 rings (SSSR count). The Hall–Kier alpha value is -2.87. The summed E-state index contributed by atoms with van der Waals surface area (Å²) in [6.07, 6.45) is 0.249. The molecule has 0 aliphatic carbocycles. The van der Waals surface area contributed by atoms with Crippen molar-refractivity contribution in [3.8, 4) is 5.75 Å². The van der Waals surface area contributed by atoms with E-state index in [-0.39, 0.29) is 5.56 Å². The summed E-state index contributed by atoms with van der Waals surface area (Å²) in [4.78, 5) is 13.4. The van der Waals surface area contributed by atoms with Crippen LogP contribution >= 0.6 is 11.3 Å². The number of benzene rings is 1. The molecule has 0 N–H and O–H groups in total. The summed E-state index contributed by atoms with van der Waals surface area (Å²) < 4.78 is 41.7. The molecule has 8 heteroatoms. The Bertz CT molecular complexity index is 899. The predicted molar refractivity (Wildman–Crippen MR) is 88.3 cm³/mol. The number of thiophene rings is 1. The number of halogens is 3. The largest absolute Gasteiger partial charge is 0.573 e. The minimum atomic E-state index is -4.81. The number of nitrogens with zero attached hydrogens (tertiary/aromatic N) is 2. The molecular weight excluding hydrogens is 353 g/mol. The van der Waals surface area contributed by atoms with Gasteiger partial charge in [0.1, 0.15) is 5.75 Å². The molecule has 0 radical (unpaired) electrons. The Labute approximate surface area is 144 Å². The lowest BCUT2D eigenvalue weighted by Gasteiger charge is -2.09. The molecular formula is C17H11F3N2O2S. The molecule has 0 unspecified atom stereocenters. The number of alkyl halides is 3. The molecule has 0 fully saturated rings. The number of hydrogen-bond acceptors (Lipinski definition) is 4. The smallest absolute Gasteiger partial charge is 0.406 e.